The van der Waals surface area contributed by atoms with Crippen molar-refractivity contribution in [2.24, 2.45) is 5.10 Å². The van der Waals surface area contributed by atoms with Crippen LogP contribution in [0.15, 0.2) is 47.6 Å². The lowest BCUT2D eigenvalue weighted by Crippen LogP contribution is -2.24. The summed E-state index contributed by atoms with van der Waals surface area (Å²) in [5.74, 6) is -0.375. The van der Waals surface area contributed by atoms with Crippen LogP contribution in [0.2, 0.25) is 0 Å². The summed E-state index contributed by atoms with van der Waals surface area (Å²) in [7, 11) is 1.45. The Balaban J connectivity index is 1.83. The predicted octanol–water partition coefficient (Wildman–Crippen LogP) is 2.07. The molecule has 1 amide bonds. The highest BCUT2D eigenvalue weighted by molar-refractivity contribution is 5.83. The fourth-order valence-electron chi connectivity index (χ4n) is 1.70. The van der Waals surface area contributed by atoms with Gasteiger partial charge in [-0.15, -0.1) is 0 Å². The van der Waals surface area contributed by atoms with E-state index in [1.165, 1.54) is 37.6 Å². The summed E-state index contributed by atoms with van der Waals surface area (Å²) >= 11 is 0. The van der Waals surface area contributed by atoms with Crippen molar-refractivity contribution in [1.82, 2.24) is 5.43 Å². The van der Waals surface area contributed by atoms with Crippen molar-refractivity contribution in [1.29, 1.82) is 0 Å². The standard InChI is InChI=1S/C16H15FN2O4/c1-22-15-6-5-11(7-14(15)20)9-18-19-16(21)10-23-13-4-2-3-12(17)8-13/h2-9,20H,10H2,1H3,(H,19,21)/b18-9-. The summed E-state index contributed by atoms with van der Waals surface area (Å²) in [4.78, 5) is 11.5. The molecule has 2 N–H and O–H groups in total. The van der Waals surface area contributed by atoms with Gasteiger partial charge in [-0.25, -0.2) is 9.82 Å². The van der Waals surface area contributed by atoms with E-state index >= 15 is 0 Å². The number of aromatic hydroxyl groups is 1. The van der Waals surface area contributed by atoms with Gasteiger partial charge in [-0.2, -0.15) is 5.10 Å². The van der Waals surface area contributed by atoms with Crippen LogP contribution in [0.25, 0.3) is 0 Å². The smallest absolute Gasteiger partial charge is 0.277 e. The van der Waals surface area contributed by atoms with Crippen LogP contribution in [0, 0.1) is 5.82 Å². The zero-order chi connectivity index (χ0) is 16.7. The number of benzene rings is 2. The van der Waals surface area contributed by atoms with E-state index in [2.05, 4.69) is 10.5 Å². The lowest BCUT2D eigenvalue weighted by Gasteiger charge is -2.05. The van der Waals surface area contributed by atoms with Crippen LogP contribution in [0.1, 0.15) is 5.56 Å². The molecule has 0 aromatic heterocycles. The first-order valence-electron chi connectivity index (χ1n) is 6.66. The zero-order valence-corrected chi connectivity index (χ0v) is 12.3. The van der Waals surface area contributed by atoms with Crippen LogP contribution in [-0.2, 0) is 4.79 Å². The van der Waals surface area contributed by atoms with Gasteiger partial charge in [-0.3, -0.25) is 4.79 Å². The van der Waals surface area contributed by atoms with Crippen molar-refractivity contribution in [2.45, 2.75) is 0 Å². The maximum absolute atomic E-state index is 12.9. The molecule has 2 aromatic rings. The first-order valence-corrected chi connectivity index (χ1v) is 6.66. The highest BCUT2D eigenvalue weighted by Gasteiger charge is 2.03. The number of hydrogen-bond acceptors (Lipinski definition) is 5. The largest absolute Gasteiger partial charge is 0.504 e. The summed E-state index contributed by atoms with van der Waals surface area (Å²) in [5, 5.41) is 13.3. The third-order valence-corrected chi connectivity index (χ3v) is 2.77. The summed E-state index contributed by atoms with van der Waals surface area (Å²) in [6.45, 7) is -0.297. The van der Waals surface area contributed by atoms with Crippen LogP contribution in [-0.4, -0.2) is 30.9 Å². The average Bonchev–Trinajstić information content (AvgIpc) is 2.53. The van der Waals surface area contributed by atoms with Gasteiger partial charge in [0.2, 0.25) is 0 Å². The first-order chi connectivity index (χ1) is 11.1. The van der Waals surface area contributed by atoms with Crippen molar-refractivity contribution >= 4 is 12.1 Å². The molecule has 0 aliphatic carbocycles. The minimum Gasteiger partial charge on any atom is -0.504 e. The second kappa shape index (κ2) is 7.79. The molecule has 0 heterocycles. The molecule has 120 valence electrons. The van der Waals surface area contributed by atoms with Crippen molar-refractivity contribution in [3.63, 3.8) is 0 Å². The number of nitrogens with one attached hydrogen (secondary N) is 1. The predicted molar refractivity (Wildman–Crippen MR) is 82.3 cm³/mol. The van der Waals surface area contributed by atoms with Gasteiger partial charge in [0.1, 0.15) is 11.6 Å². The summed E-state index contributed by atoms with van der Waals surface area (Å²) < 4.78 is 23.0. The van der Waals surface area contributed by atoms with E-state index in [1.807, 2.05) is 0 Å². The number of phenolic OH excluding ortho intramolecular Hbond substituents is 1. The number of phenols is 1. The van der Waals surface area contributed by atoms with Crippen LogP contribution in [0.4, 0.5) is 4.39 Å². The molecule has 23 heavy (non-hydrogen) atoms. The number of rotatable bonds is 6. The second-order valence-corrected chi connectivity index (χ2v) is 4.47. The number of carbonyl (C=O) groups is 1. The molecule has 0 atom stereocenters. The number of amides is 1. The Morgan fingerprint density at radius 1 is 1.35 bits per heavy atom. The van der Waals surface area contributed by atoms with Gasteiger partial charge >= 0.3 is 0 Å². The number of nitrogens with zero attached hydrogens (tertiary/aromatic N) is 1. The van der Waals surface area contributed by atoms with E-state index < -0.39 is 11.7 Å². The third-order valence-electron chi connectivity index (χ3n) is 2.77. The Labute approximate surface area is 132 Å². The Morgan fingerprint density at radius 2 is 2.17 bits per heavy atom. The highest BCUT2D eigenvalue weighted by Crippen LogP contribution is 2.25. The van der Waals surface area contributed by atoms with E-state index in [0.717, 1.165) is 0 Å². The monoisotopic (exact) mass is 318 g/mol. The van der Waals surface area contributed by atoms with Gasteiger partial charge in [0, 0.05) is 6.07 Å². The fraction of sp³-hybridized carbons (Fsp3) is 0.125. The van der Waals surface area contributed by atoms with E-state index in [9.17, 15) is 14.3 Å². The van der Waals surface area contributed by atoms with Gasteiger partial charge in [0.05, 0.1) is 13.3 Å². The molecule has 0 aliphatic rings. The summed E-state index contributed by atoms with van der Waals surface area (Å²) in [5.41, 5.74) is 2.84. The van der Waals surface area contributed by atoms with Gasteiger partial charge in [0.25, 0.3) is 5.91 Å². The lowest BCUT2D eigenvalue weighted by atomic mass is 10.2. The normalized spacial score (nSPS) is 10.5. The number of carbonyl (C=O) groups excluding carboxylic acids is 1. The van der Waals surface area contributed by atoms with Gasteiger partial charge in [0.15, 0.2) is 18.1 Å². The minimum absolute atomic E-state index is 0.0304. The first kappa shape index (κ1) is 16.3. The van der Waals surface area contributed by atoms with Crippen molar-refractivity contribution < 1.29 is 23.8 Å². The Bertz CT molecular complexity index is 719. The van der Waals surface area contributed by atoms with E-state index in [1.54, 1.807) is 18.2 Å². The quantitative estimate of drug-likeness (QED) is 0.631. The van der Waals surface area contributed by atoms with Crippen molar-refractivity contribution in [3.8, 4) is 17.2 Å². The third kappa shape index (κ3) is 4.99. The molecule has 0 spiro atoms. The fourth-order valence-corrected chi connectivity index (χ4v) is 1.70. The molecule has 0 aliphatic heterocycles. The Morgan fingerprint density at radius 3 is 2.87 bits per heavy atom. The SMILES string of the molecule is COc1ccc(/C=N\NC(=O)COc2cccc(F)c2)cc1O. The molecule has 0 unspecified atom stereocenters. The molecule has 0 radical (unpaired) electrons. The van der Waals surface area contributed by atoms with Crippen LogP contribution < -0.4 is 14.9 Å². The molecule has 2 aromatic carbocycles. The Kier molecular flexibility index (Phi) is 5.51. The number of methoxy groups -OCH3 is 1. The highest BCUT2D eigenvalue weighted by atomic mass is 19.1. The maximum Gasteiger partial charge on any atom is 0.277 e. The van der Waals surface area contributed by atoms with Gasteiger partial charge in [-0.05, 0) is 35.9 Å². The summed E-state index contributed by atoms with van der Waals surface area (Å²) in [6, 6.07) is 10.2. The topological polar surface area (TPSA) is 80.2 Å². The van der Waals surface area contributed by atoms with Crippen LogP contribution >= 0.6 is 0 Å². The van der Waals surface area contributed by atoms with E-state index in [-0.39, 0.29) is 18.1 Å². The van der Waals surface area contributed by atoms with Gasteiger partial charge in [-0.1, -0.05) is 6.07 Å². The molecule has 7 heteroatoms. The molecular weight excluding hydrogens is 303 g/mol. The molecule has 0 bridgehead atoms. The van der Waals surface area contributed by atoms with Crippen LogP contribution in [0.5, 0.6) is 17.2 Å². The molecule has 6 nitrogen and oxygen atoms in total. The maximum atomic E-state index is 12.9. The minimum atomic E-state index is -0.497. The average molecular weight is 318 g/mol. The molecule has 0 fully saturated rings. The Hall–Kier alpha value is -3.09. The molecule has 0 saturated heterocycles. The van der Waals surface area contributed by atoms with E-state index in [4.69, 9.17) is 9.47 Å². The number of hydrogen-bond donors (Lipinski definition) is 2. The van der Waals surface area contributed by atoms with Crippen LogP contribution in [0.3, 0.4) is 0 Å². The number of halogens is 1. The lowest BCUT2D eigenvalue weighted by molar-refractivity contribution is -0.123. The second-order valence-electron chi connectivity index (χ2n) is 4.47. The molecule has 2 rings (SSSR count). The number of hydrazone groups is 1. The van der Waals surface area contributed by atoms with Gasteiger partial charge < -0.3 is 14.6 Å². The molecule has 0 saturated carbocycles. The molecular formula is C16H15FN2O4. The van der Waals surface area contributed by atoms with Crippen molar-refractivity contribution in [3.05, 3.63) is 53.8 Å². The zero-order valence-electron chi connectivity index (χ0n) is 12.3. The summed E-state index contributed by atoms with van der Waals surface area (Å²) in [6.07, 6.45) is 1.36. The van der Waals surface area contributed by atoms with E-state index in [0.29, 0.717) is 11.3 Å². The van der Waals surface area contributed by atoms with Crippen molar-refractivity contribution in [2.75, 3.05) is 13.7 Å². The number of ether oxygens (including phenoxy) is 2.